The van der Waals surface area contributed by atoms with Gasteiger partial charge in [0, 0.05) is 10.4 Å². The van der Waals surface area contributed by atoms with Crippen LogP contribution < -0.4 is 5.73 Å². The molecular formula is C12H16ClNS. The molecule has 0 fully saturated rings. The van der Waals surface area contributed by atoms with Crippen LogP contribution in [0.25, 0.3) is 10.1 Å². The largest absolute Gasteiger partial charge is 0.399 e. The lowest BCUT2D eigenvalue weighted by Gasteiger charge is -1.98. The molecule has 1 aromatic heterocycles. The minimum atomic E-state index is 0. The summed E-state index contributed by atoms with van der Waals surface area (Å²) in [4.78, 5) is 0. The number of nitrogen functional groups attached to an aromatic ring is 1. The van der Waals surface area contributed by atoms with Gasteiger partial charge in [-0.05, 0) is 47.4 Å². The van der Waals surface area contributed by atoms with Gasteiger partial charge in [0.15, 0.2) is 0 Å². The van der Waals surface area contributed by atoms with Crippen LogP contribution in [0, 0.1) is 0 Å². The SMILES string of the molecule is CCCCc1csc2ccc(N)cc12.Cl. The zero-order valence-electron chi connectivity index (χ0n) is 8.82. The van der Waals surface area contributed by atoms with E-state index in [1.807, 2.05) is 17.4 Å². The number of rotatable bonds is 3. The van der Waals surface area contributed by atoms with E-state index in [0.717, 1.165) is 5.69 Å². The van der Waals surface area contributed by atoms with Gasteiger partial charge in [-0.3, -0.25) is 0 Å². The first-order valence-corrected chi connectivity index (χ1v) is 5.95. The minimum absolute atomic E-state index is 0. The van der Waals surface area contributed by atoms with Crippen LogP contribution in [0.4, 0.5) is 5.69 Å². The number of anilines is 1. The van der Waals surface area contributed by atoms with Crippen molar-refractivity contribution in [2.75, 3.05) is 5.73 Å². The van der Waals surface area contributed by atoms with Crippen LogP contribution in [0.2, 0.25) is 0 Å². The number of nitrogens with two attached hydrogens (primary N) is 1. The van der Waals surface area contributed by atoms with E-state index in [1.165, 1.54) is 34.9 Å². The van der Waals surface area contributed by atoms with E-state index < -0.39 is 0 Å². The third-order valence-electron chi connectivity index (χ3n) is 2.48. The summed E-state index contributed by atoms with van der Waals surface area (Å²) in [6.07, 6.45) is 3.69. The summed E-state index contributed by atoms with van der Waals surface area (Å²) in [6.45, 7) is 2.23. The Labute approximate surface area is 101 Å². The topological polar surface area (TPSA) is 26.0 Å². The predicted molar refractivity (Wildman–Crippen MR) is 72.1 cm³/mol. The normalized spacial score (nSPS) is 10.2. The number of halogens is 1. The molecule has 15 heavy (non-hydrogen) atoms. The summed E-state index contributed by atoms with van der Waals surface area (Å²) in [5.74, 6) is 0. The van der Waals surface area contributed by atoms with Crippen LogP contribution in [0.5, 0.6) is 0 Å². The summed E-state index contributed by atoms with van der Waals surface area (Å²) in [5.41, 5.74) is 8.11. The number of aryl methyl sites for hydroxylation is 1. The van der Waals surface area contributed by atoms with Crippen molar-refractivity contribution in [3.63, 3.8) is 0 Å². The Bertz CT molecular complexity index is 436. The number of fused-ring (bicyclic) bond motifs is 1. The maximum atomic E-state index is 5.79. The second-order valence-electron chi connectivity index (χ2n) is 3.62. The summed E-state index contributed by atoms with van der Waals surface area (Å²) >= 11 is 1.82. The van der Waals surface area contributed by atoms with Gasteiger partial charge in [0.1, 0.15) is 0 Å². The molecule has 2 aromatic rings. The highest BCUT2D eigenvalue weighted by atomic mass is 35.5. The van der Waals surface area contributed by atoms with E-state index in [4.69, 9.17) is 5.73 Å². The van der Waals surface area contributed by atoms with Crippen molar-refractivity contribution in [1.82, 2.24) is 0 Å². The molecule has 0 unspecified atom stereocenters. The Balaban J connectivity index is 0.00000112. The van der Waals surface area contributed by atoms with E-state index in [0.29, 0.717) is 0 Å². The highest BCUT2D eigenvalue weighted by Gasteiger charge is 2.03. The Kier molecular flexibility index (Phi) is 4.43. The van der Waals surface area contributed by atoms with Crippen LogP contribution in [-0.2, 0) is 6.42 Å². The first-order chi connectivity index (χ1) is 6.81. The first kappa shape index (κ1) is 12.3. The van der Waals surface area contributed by atoms with E-state index >= 15 is 0 Å². The van der Waals surface area contributed by atoms with Crippen molar-refractivity contribution in [1.29, 1.82) is 0 Å². The molecule has 0 saturated carbocycles. The minimum Gasteiger partial charge on any atom is -0.399 e. The zero-order valence-corrected chi connectivity index (χ0v) is 10.5. The lowest BCUT2D eigenvalue weighted by molar-refractivity contribution is 0.800. The average molecular weight is 242 g/mol. The highest BCUT2D eigenvalue weighted by Crippen LogP contribution is 2.28. The number of hydrogen-bond donors (Lipinski definition) is 1. The van der Waals surface area contributed by atoms with E-state index in [1.54, 1.807) is 0 Å². The molecule has 0 spiro atoms. The fourth-order valence-electron chi connectivity index (χ4n) is 1.66. The smallest absolute Gasteiger partial charge is 0.0347 e. The number of hydrogen-bond acceptors (Lipinski definition) is 2. The molecule has 0 amide bonds. The Morgan fingerprint density at radius 2 is 2.13 bits per heavy atom. The maximum Gasteiger partial charge on any atom is 0.0347 e. The van der Waals surface area contributed by atoms with Gasteiger partial charge in [-0.15, -0.1) is 23.7 Å². The Morgan fingerprint density at radius 3 is 2.87 bits per heavy atom. The standard InChI is InChI=1S/C12H15NS.ClH/c1-2-3-4-9-8-14-12-6-5-10(13)7-11(9)12;/h5-8H,2-4,13H2,1H3;1H. The number of thiophene rings is 1. The van der Waals surface area contributed by atoms with Crippen LogP contribution >= 0.6 is 23.7 Å². The third-order valence-corrected chi connectivity index (χ3v) is 3.49. The van der Waals surface area contributed by atoms with Crippen molar-refractivity contribution in [2.45, 2.75) is 26.2 Å². The molecule has 0 aliphatic heterocycles. The van der Waals surface area contributed by atoms with Gasteiger partial charge in [0.25, 0.3) is 0 Å². The molecule has 0 bridgehead atoms. The highest BCUT2D eigenvalue weighted by molar-refractivity contribution is 7.17. The molecule has 0 aliphatic carbocycles. The van der Waals surface area contributed by atoms with Gasteiger partial charge in [0.2, 0.25) is 0 Å². The molecular weight excluding hydrogens is 226 g/mol. The van der Waals surface area contributed by atoms with Crippen LogP contribution in [0.15, 0.2) is 23.6 Å². The fraction of sp³-hybridized carbons (Fsp3) is 0.333. The molecule has 0 atom stereocenters. The molecule has 1 heterocycles. The zero-order chi connectivity index (χ0) is 9.97. The molecule has 1 aromatic carbocycles. The van der Waals surface area contributed by atoms with Crippen molar-refractivity contribution in [3.05, 3.63) is 29.1 Å². The molecule has 2 N–H and O–H groups in total. The molecule has 0 radical (unpaired) electrons. The van der Waals surface area contributed by atoms with Gasteiger partial charge < -0.3 is 5.73 Å². The van der Waals surface area contributed by atoms with Gasteiger partial charge in [-0.1, -0.05) is 13.3 Å². The molecule has 82 valence electrons. The lowest BCUT2D eigenvalue weighted by Crippen LogP contribution is -1.85. The quantitative estimate of drug-likeness (QED) is 0.799. The summed E-state index contributed by atoms with van der Waals surface area (Å²) in [5, 5.41) is 3.61. The summed E-state index contributed by atoms with van der Waals surface area (Å²) in [6, 6.07) is 6.18. The van der Waals surface area contributed by atoms with Crippen molar-refractivity contribution < 1.29 is 0 Å². The van der Waals surface area contributed by atoms with Gasteiger partial charge in [0.05, 0.1) is 0 Å². The maximum absolute atomic E-state index is 5.79. The summed E-state index contributed by atoms with van der Waals surface area (Å²) in [7, 11) is 0. The van der Waals surface area contributed by atoms with Gasteiger partial charge in [-0.25, -0.2) is 0 Å². The van der Waals surface area contributed by atoms with Gasteiger partial charge >= 0.3 is 0 Å². The summed E-state index contributed by atoms with van der Waals surface area (Å²) < 4.78 is 1.35. The third kappa shape index (κ3) is 2.64. The van der Waals surface area contributed by atoms with Crippen molar-refractivity contribution in [3.8, 4) is 0 Å². The Hall–Kier alpha value is -0.730. The van der Waals surface area contributed by atoms with E-state index in [-0.39, 0.29) is 12.4 Å². The fourth-order valence-corrected chi connectivity index (χ4v) is 2.64. The molecule has 3 heteroatoms. The van der Waals surface area contributed by atoms with Crippen LogP contribution in [-0.4, -0.2) is 0 Å². The van der Waals surface area contributed by atoms with Gasteiger partial charge in [-0.2, -0.15) is 0 Å². The van der Waals surface area contributed by atoms with Crippen molar-refractivity contribution in [2.24, 2.45) is 0 Å². The molecule has 0 aliphatic rings. The molecule has 1 nitrogen and oxygen atoms in total. The second kappa shape index (κ2) is 5.38. The monoisotopic (exact) mass is 241 g/mol. The lowest BCUT2D eigenvalue weighted by atomic mass is 10.1. The average Bonchev–Trinajstić information content (AvgIpc) is 2.57. The first-order valence-electron chi connectivity index (χ1n) is 5.07. The second-order valence-corrected chi connectivity index (χ2v) is 4.53. The van der Waals surface area contributed by atoms with Crippen LogP contribution in [0.1, 0.15) is 25.3 Å². The molecule has 0 saturated heterocycles. The van der Waals surface area contributed by atoms with E-state index in [9.17, 15) is 0 Å². The van der Waals surface area contributed by atoms with Crippen LogP contribution in [0.3, 0.4) is 0 Å². The van der Waals surface area contributed by atoms with E-state index in [2.05, 4.69) is 24.4 Å². The number of unbranched alkanes of at least 4 members (excludes halogenated alkanes) is 1. The number of benzene rings is 1. The Morgan fingerprint density at radius 1 is 1.33 bits per heavy atom. The predicted octanol–water partition coefficient (Wildman–Crippen LogP) is 4.25. The van der Waals surface area contributed by atoms with Crippen molar-refractivity contribution >= 4 is 39.5 Å². The molecule has 2 rings (SSSR count).